The molecule has 2 aromatic carbocycles. The average Bonchev–Trinajstić information content (AvgIpc) is 3.10. The normalized spacial score (nSPS) is 10.0. The summed E-state index contributed by atoms with van der Waals surface area (Å²) in [4.78, 5) is 44.7. The Balaban J connectivity index is 0.000000213. The number of nitrogens with two attached hydrogens (primary N) is 1. The van der Waals surface area contributed by atoms with Crippen LogP contribution in [0.2, 0.25) is 10.6 Å². The number of amides is 1. The van der Waals surface area contributed by atoms with Crippen LogP contribution in [0.15, 0.2) is 110 Å². The van der Waals surface area contributed by atoms with Crippen molar-refractivity contribution >= 4 is 46.5 Å². The summed E-state index contributed by atoms with van der Waals surface area (Å²) >= 11 is 11.0. The quantitative estimate of drug-likeness (QED) is 0.153. The molecule has 1 amide bonds. The van der Waals surface area contributed by atoms with Crippen molar-refractivity contribution in [2.75, 3.05) is 18.2 Å². The Hall–Kier alpha value is -5.99. The van der Waals surface area contributed by atoms with Crippen molar-refractivity contribution in [2.24, 2.45) is 0 Å². The smallest absolute Gasteiger partial charge is 0.354 e. The van der Waals surface area contributed by atoms with Crippen LogP contribution in [-0.4, -0.2) is 54.0 Å². The molecule has 250 valence electrons. The van der Waals surface area contributed by atoms with Gasteiger partial charge in [0, 0.05) is 53.2 Å². The number of alkyl halides is 1. The number of halogens is 5. The third-order valence-corrected chi connectivity index (χ3v) is 6.19. The molecule has 0 saturated heterocycles. The summed E-state index contributed by atoms with van der Waals surface area (Å²) in [6, 6.07) is 18.9. The van der Waals surface area contributed by atoms with Gasteiger partial charge in [0.2, 0.25) is 10.6 Å². The van der Waals surface area contributed by atoms with E-state index in [-0.39, 0.29) is 33.6 Å². The van der Waals surface area contributed by atoms with Crippen LogP contribution >= 0.6 is 23.2 Å². The SMILES string of the molecule is Nc1cncc(-c2ccccc2F)c1.O=C(Nc1cncc(-c2ccccc2F)c1)c1ccnc(Cl)n1.O=C(O)c1ccnc(Cl)n1.[2H]CF. The Morgan fingerprint density at radius 2 is 1.27 bits per heavy atom. The van der Waals surface area contributed by atoms with Gasteiger partial charge in [0.25, 0.3) is 5.91 Å². The van der Waals surface area contributed by atoms with E-state index in [0.717, 1.165) is 0 Å². The van der Waals surface area contributed by atoms with Crippen LogP contribution < -0.4 is 11.1 Å². The van der Waals surface area contributed by atoms with E-state index in [9.17, 15) is 22.8 Å². The lowest BCUT2D eigenvalue weighted by Crippen LogP contribution is -2.14. The lowest BCUT2D eigenvalue weighted by Gasteiger charge is -2.07. The standard InChI is InChI=1S/C16H10ClFN4O.C11H9FN2.C5H3ClN2O2.CH3F/c17-16-20-6-5-14(22-16)15(23)21-11-7-10(8-19-9-11)12-3-1-2-4-13(12)18;12-11-4-2-1-3-10(11)8-5-9(13)7-14-6-8;6-5-7-2-1-3(8-5)4(9)10;1-2/h1-9H,(H,21,23);1-7H,13H2;1-2H,(H,9,10);1H3/i;;;1D. The van der Waals surface area contributed by atoms with E-state index in [4.69, 9.17) is 35.4 Å². The summed E-state index contributed by atoms with van der Waals surface area (Å²) in [6.45, 7) is 0. The van der Waals surface area contributed by atoms with Gasteiger partial charge in [-0.15, -0.1) is 0 Å². The molecule has 0 fully saturated rings. The number of carboxylic acids is 1. The van der Waals surface area contributed by atoms with E-state index in [0.29, 0.717) is 33.6 Å². The molecule has 0 aliphatic carbocycles. The van der Waals surface area contributed by atoms with Crippen molar-refractivity contribution in [1.82, 2.24) is 29.9 Å². The van der Waals surface area contributed by atoms with Crippen LogP contribution in [0.1, 0.15) is 22.3 Å². The van der Waals surface area contributed by atoms with E-state index in [1.807, 2.05) is 0 Å². The molecular formula is C33H25Cl2F3N8O3. The maximum absolute atomic E-state index is 13.8. The maximum Gasteiger partial charge on any atom is 0.354 e. The summed E-state index contributed by atoms with van der Waals surface area (Å²) in [5, 5.41) is 10.9. The number of nitrogens with one attached hydrogen (secondary N) is 1. The molecule has 0 aliphatic rings. The second-order valence-corrected chi connectivity index (χ2v) is 9.79. The summed E-state index contributed by atoms with van der Waals surface area (Å²) in [6.07, 6.45) is 8.79. The number of nitrogens with zero attached hydrogens (tertiary/aromatic N) is 6. The number of benzene rings is 2. The van der Waals surface area contributed by atoms with Crippen LogP contribution in [0.25, 0.3) is 22.3 Å². The number of hydrogen-bond acceptors (Lipinski definition) is 9. The predicted molar refractivity (Wildman–Crippen MR) is 180 cm³/mol. The van der Waals surface area contributed by atoms with E-state index >= 15 is 0 Å². The van der Waals surface area contributed by atoms with Gasteiger partial charge in [0.1, 0.15) is 17.3 Å². The summed E-state index contributed by atoms with van der Waals surface area (Å²) < 4.78 is 42.7. The van der Waals surface area contributed by atoms with E-state index in [1.54, 1.807) is 54.7 Å². The molecule has 0 atom stereocenters. The molecule has 0 unspecified atom stereocenters. The lowest BCUT2D eigenvalue weighted by atomic mass is 10.1. The minimum absolute atomic E-state index is 0.0177. The Morgan fingerprint density at radius 3 is 1.76 bits per heavy atom. The first kappa shape index (κ1) is 35.9. The maximum atomic E-state index is 13.8. The molecule has 6 rings (SSSR count). The minimum atomic E-state index is -1.11. The van der Waals surface area contributed by atoms with Crippen LogP contribution in [-0.2, 0) is 0 Å². The predicted octanol–water partition coefficient (Wildman–Crippen LogP) is 7.47. The number of anilines is 2. The number of pyridine rings is 2. The first-order chi connectivity index (χ1) is 24.0. The van der Waals surface area contributed by atoms with Gasteiger partial charge in [0.15, 0.2) is 5.69 Å². The highest BCUT2D eigenvalue weighted by Crippen LogP contribution is 2.25. The van der Waals surface area contributed by atoms with Gasteiger partial charge >= 0.3 is 5.97 Å². The molecule has 6 aromatic rings. The van der Waals surface area contributed by atoms with Gasteiger partial charge in [-0.05, 0) is 59.6 Å². The first-order valence-corrected chi connectivity index (χ1v) is 14.3. The van der Waals surface area contributed by atoms with Crippen LogP contribution in [0.4, 0.5) is 24.5 Å². The number of hydrogen-bond donors (Lipinski definition) is 3. The third-order valence-electron chi connectivity index (χ3n) is 5.83. The average molecular weight is 711 g/mol. The molecule has 16 heteroatoms. The van der Waals surface area contributed by atoms with Gasteiger partial charge in [-0.25, -0.2) is 33.5 Å². The Kier molecular flexibility index (Phi) is 13.9. The molecular weight excluding hydrogens is 684 g/mol. The molecule has 0 radical (unpaired) electrons. The number of carbonyl (C=O) groups excluding carboxylic acids is 1. The van der Waals surface area contributed by atoms with Gasteiger partial charge in [-0.1, -0.05) is 36.4 Å². The molecule has 0 saturated carbocycles. The number of rotatable bonds is 5. The Labute approximate surface area is 289 Å². The highest BCUT2D eigenvalue weighted by atomic mass is 35.5. The molecule has 4 N–H and O–H groups in total. The highest BCUT2D eigenvalue weighted by Gasteiger charge is 2.11. The Morgan fingerprint density at radius 1 is 0.776 bits per heavy atom. The zero-order valence-electron chi connectivity index (χ0n) is 26.0. The van der Waals surface area contributed by atoms with Crippen molar-refractivity contribution in [3.63, 3.8) is 0 Å². The molecule has 11 nitrogen and oxygen atoms in total. The fourth-order valence-corrected chi connectivity index (χ4v) is 4.06. The second-order valence-electron chi connectivity index (χ2n) is 9.11. The lowest BCUT2D eigenvalue weighted by molar-refractivity contribution is 0.0690. The van der Waals surface area contributed by atoms with Gasteiger partial charge in [-0.2, -0.15) is 0 Å². The summed E-state index contributed by atoms with van der Waals surface area (Å²) in [5.74, 6) is -2.19. The number of nitrogen functional groups attached to an aromatic ring is 1. The van der Waals surface area contributed by atoms with Gasteiger partial charge in [-0.3, -0.25) is 19.2 Å². The number of carboxylic acid groups (broad SMARTS) is 1. The fraction of sp³-hybridized carbons (Fsp3) is 0.0303. The zero-order valence-corrected chi connectivity index (χ0v) is 26.5. The van der Waals surface area contributed by atoms with Crippen molar-refractivity contribution < 1.29 is 29.2 Å². The van der Waals surface area contributed by atoms with Crippen molar-refractivity contribution in [3.05, 3.63) is 144 Å². The van der Waals surface area contributed by atoms with E-state index in [1.165, 1.54) is 55.2 Å². The van der Waals surface area contributed by atoms with Crippen molar-refractivity contribution in [2.45, 2.75) is 0 Å². The van der Waals surface area contributed by atoms with Crippen molar-refractivity contribution in [1.29, 1.82) is 0 Å². The van der Waals surface area contributed by atoms with Crippen LogP contribution in [0, 0.1) is 11.6 Å². The van der Waals surface area contributed by atoms with Gasteiger partial charge < -0.3 is 16.2 Å². The number of aromatic nitrogens is 6. The molecule has 0 spiro atoms. The fourth-order valence-electron chi connectivity index (χ4n) is 3.76. The molecule has 0 bridgehead atoms. The summed E-state index contributed by atoms with van der Waals surface area (Å²) in [7, 11) is -1.00. The topological polar surface area (TPSA) is 170 Å². The Bertz CT molecular complexity index is 2050. The zero-order chi connectivity index (χ0) is 36.5. The molecule has 0 aliphatic heterocycles. The number of carbonyl (C=O) groups is 2. The minimum Gasteiger partial charge on any atom is -0.477 e. The van der Waals surface area contributed by atoms with Crippen LogP contribution in [0.5, 0.6) is 0 Å². The second kappa shape index (κ2) is 19.0. The van der Waals surface area contributed by atoms with Crippen LogP contribution in [0.3, 0.4) is 0 Å². The van der Waals surface area contributed by atoms with E-state index in [2.05, 4.69) is 35.2 Å². The van der Waals surface area contributed by atoms with E-state index < -0.39 is 19.0 Å². The molecule has 49 heavy (non-hydrogen) atoms. The van der Waals surface area contributed by atoms with Gasteiger partial charge in [0.05, 0.1) is 26.1 Å². The largest absolute Gasteiger partial charge is 0.477 e. The monoisotopic (exact) mass is 709 g/mol. The highest BCUT2D eigenvalue weighted by molar-refractivity contribution is 6.28. The molecule has 4 heterocycles. The van der Waals surface area contributed by atoms with Crippen molar-refractivity contribution in [3.8, 4) is 22.3 Å². The third kappa shape index (κ3) is 11.6. The summed E-state index contributed by atoms with van der Waals surface area (Å²) in [5.41, 5.74) is 8.72. The molecule has 4 aromatic heterocycles. The number of aromatic carboxylic acids is 1. The first-order valence-electron chi connectivity index (χ1n) is 14.2.